The van der Waals surface area contributed by atoms with E-state index in [4.69, 9.17) is 10.5 Å². The van der Waals surface area contributed by atoms with Gasteiger partial charge in [-0.3, -0.25) is 14.6 Å². The molecule has 114 valence electrons. The molecule has 1 aliphatic carbocycles. The number of hydrogen-bond acceptors (Lipinski definition) is 4. The normalized spacial score (nSPS) is 26.8. The molecule has 6 heteroatoms. The van der Waals surface area contributed by atoms with Gasteiger partial charge in [-0.2, -0.15) is 0 Å². The van der Waals surface area contributed by atoms with Crippen molar-refractivity contribution < 1.29 is 14.3 Å². The molecule has 1 aromatic heterocycles. The number of hydrogen-bond donors (Lipinski definition) is 2. The molecule has 1 aliphatic rings. The molecule has 2 rings (SSSR count). The summed E-state index contributed by atoms with van der Waals surface area (Å²) in [5.74, 6) is -0.826. The molecule has 2 amide bonds. The summed E-state index contributed by atoms with van der Waals surface area (Å²) in [4.78, 5) is 27.1. The van der Waals surface area contributed by atoms with Gasteiger partial charge in [0.1, 0.15) is 5.69 Å². The fourth-order valence-corrected chi connectivity index (χ4v) is 2.63. The van der Waals surface area contributed by atoms with Crippen molar-refractivity contribution in [1.82, 2.24) is 10.3 Å². The van der Waals surface area contributed by atoms with Gasteiger partial charge in [0.05, 0.1) is 11.2 Å². The van der Waals surface area contributed by atoms with E-state index in [2.05, 4.69) is 24.1 Å². The van der Waals surface area contributed by atoms with Crippen molar-refractivity contribution in [1.29, 1.82) is 0 Å². The quantitative estimate of drug-likeness (QED) is 0.869. The summed E-state index contributed by atoms with van der Waals surface area (Å²) in [6.07, 6.45) is 2.06. The van der Waals surface area contributed by atoms with E-state index < -0.39 is 5.91 Å². The Hall–Kier alpha value is -1.95. The van der Waals surface area contributed by atoms with Crippen molar-refractivity contribution in [2.75, 3.05) is 7.11 Å². The fraction of sp³-hybridized carbons (Fsp3) is 0.533. The monoisotopic (exact) mass is 291 g/mol. The zero-order valence-electron chi connectivity index (χ0n) is 12.8. The van der Waals surface area contributed by atoms with Gasteiger partial charge < -0.3 is 15.8 Å². The van der Waals surface area contributed by atoms with Crippen molar-refractivity contribution in [2.45, 2.75) is 38.8 Å². The van der Waals surface area contributed by atoms with Crippen LogP contribution in [0.5, 0.6) is 0 Å². The number of aromatic nitrogens is 1. The van der Waals surface area contributed by atoms with Crippen LogP contribution in [0.4, 0.5) is 0 Å². The Balaban J connectivity index is 2.05. The number of ether oxygens (including phenoxy) is 1. The predicted molar refractivity (Wildman–Crippen MR) is 77.8 cm³/mol. The summed E-state index contributed by atoms with van der Waals surface area (Å²) in [6.45, 7) is 6.17. The van der Waals surface area contributed by atoms with Gasteiger partial charge in [0.15, 0.2) is 0 Å². The van der Waals surface area contributed by atoms with Crippen molar-refractivity contribution in [2.24, 2.45) is 11.1 Å². The molecular formula is C15H21N3O3. The van der Waals surface area contributed by atoms with Crippen LogP contribution in [-0.4, -0.2) is 35.6 Å². The van der Waals surface area contributed by atoms with Crippen LogP contribution >= 0.6 is 0 Å². The van der Waals surface area contributed by atoms with E-state index in [-0.39, 0.29) is 34.2 Å². The molecule has 0 spiro atoms. The highest BCUT2D eigenvalue weighted by Gasteiger charge is 2.58. The number of carbonyl (C=O) groups is 2. The third kappa shape index (κ3) is 2.51. The summed E-state index contributed by atoms with van der Waals surface area (Å²) in [5, 5.41) is 2.96. The third-order valence-corrected chi connectivity index (χ3v) is 4.86. The van der Waals surface area contributed by atoms with Gasteiger partial charge in [0, 0.05) is 24.8 Å². The summed E-state index contributed by atoms with van der Waals surface area (Å²) in [7, 11) is 1.68. The van der Waals surface area contributed by atoms with E-state index in [9.17, 15) is 9.59 Å². The molecule has 1 fully saturated rings. The number of nitrogens with two attached hydrogens (primary N) is 1. The summed E-state index contributed by atoms with van der Waals surface area (Å²) in [6, 6.07) is 3.01. The van der Waals surface area contributed by atoms with Gasteiger partial charge in [-0.1, -0.05) is 13.8 Å². The average Bonchev–Trinajstić information content (AvgIpc) is 2.46. The van der Waals surface area contributed by atoms with Gasteiger partial charge in [0.2, 0.25) is 5.91 Å². The van der Waals surface area contributed by atoms with Crippen LogP contribution in [0.1, 0.15) is 48.0 Å². The average molecular weight is 291 g/mol. The number of primary amides is 1. The molecule has 1 heterocycles. The summed E-state index contributed by atoms with van der Waals surface area (Å²) < 4.78 is 5.53. The lowest BCUT2D eigenvalue weighted by Crippen LogP contribution is -2.68. The maximum Gasteiger partial charge on any atom is 0.270 e. The fourth-order valence-electron chi connectivity index (χ4n) is 2.63. The molecule has 0 bridgehead atoms. The molecule has 1 saturated carbocycles. The smallest absolute Gasteiger partial charge is 0.270 e. The second-order valence-electron chi connectivity index (χ2n) is 6.18. The minimum Gasteiger partial charge on any atom is -0.378 e. The minimum absolute atomic E-state index is 0.0209. The molecule has 0 aromatic carbocycles. The second-order valence-corrected chi connectivity index (χ2v) is 6.18. The lowest BCUT2D eigenvalue weighted by Gasteiger charge is -2.59. The van der Waals surface area contributed by atoms with Crippen LogP contribution in [0.25, 0.3) is 0 Å². The minimum atomic E-state index is -0.564. The highest BCUT2D eigenvalue weighted by molar-refractivity contribution is 5.95. The predicted octanol–water partition coefficient (Wildman–Crippen LogP) is 1.11. The molecular weight excluding hydrogens is 270 g/mol. The molecule has 21 heavy (non-hydrogen) atoms. The molecule has 2 atom stereocenters. The largest absolute Gasteiger partial charge is 0.378 e. The van der Waals surface area contributed by atoms with E-state index in [1.807, 2.05) is 6.92 Å². The molecule has 0 saturated heterocycles. The van der Waals surface area contributed by atoms with Gasteiger partial charge in [-0.05, 0) is 25.5 Å². The van der Waals surface area contributed by atoms with Crippen LogP contribution in [0.3, 0.4) is 0 Å². The lowest BCUT2D eigenvalue weighted by atomic mass is 9.56. The van der Waals surface area contributed by atoms with Crippen molar-refractivity contribution >= 4 is 11.8 Å². The first-order valence-electron chi connectivity index (χ1n) is 6.83. The number of amides is 2. The van der Waals surface area contributed by atoms with E-state index in [0.717, 1.165) is 6.42 Å². The van der Waals surface area contributed by atoms with Crippen molar-refractivity contribution in [3.63, 3.8) is 0 Å². The van der Waals surface area contributed by atoms with E-state index in [0.29, 0.717) is 0 Å². The molecule has 0 aliphatic heterocycles. The van der Waals surface area contributed by atoms with E-state index in [1.165, 1.54) is 18.3 Å². The number of carbonyl (C=O) groups excluding carboxylic acids is 2. The van der Waals surface area contributed by atoms with Crippen LogP contribution in [0, 0.1) is 5.41 Å². The van der Waals surface area contributed by atoms with Crippen LogP contribution in [0.15, 0.2) is 18.3 Å². The molecule has 0 radical (unpaired) electrons. The number of pyridine rings is 1. The Morgan fingerprint density at radius 2 is 2.05 bits per heavy atom. The van der Waals surface area contributed by atoms with Crippen LogP contribution < -0.4 is 11.1 Å². The zero-order valence-corrected chi connectivity index (χ0v) is 12.8. The molecule has 1 aromatic rings. The van der Waals surface area contributed by atoms with Crippen molar-refractivity contribution in [3.8, 4) is 0 Å². The second kappa shape index (κ2) is 5.11. The van der Waals surface area contributed by atoms with Gasteiger partial charge in [0.25, 0.3) is 5.91 Å². The first-order valence-corrected chi connectivity index (χ1v) is 6.83. The zero-order chi connectivity index (χ0) is 15.8. The first-order chi connectivity index (χ1) is 9.71. The molecule has 2 unspecified atom stereocenters. The maximum atomic E-state index is 12.2. The number of methoxy groups -OCH3 is 1. The van der Waals surface area contributed by atoms with E-state index >= 15 is 0 Å². The maximum absolute atomic E-state index is 12.2. The lowest BCUT2D eigenvalue weighted by molar-refractivity contribution is -0.177. The Bertz CT molecular complexity index is 568. The van der Waals surface area contributed by atoms with Crippen LogP contribution in [-0.2, 0) is 4.74 Å². The number of nitrogens with one attached hydrogen (secondary N) is 1. The summed E-state index contributed by atoms with van der Waals surface area (Å²) in [5.41, 5.74) is 5.28. The Morgan fingerprint density at radius 3 is 2.48 bits per heavy atom. The number of nitrogens with zero attached hydrogens (tertiary/aromatic N) is 1. The Labute approximate surface area is 124 Å². The number of rotatable bonds is 4. The highest BCUT2D eigenvalue weighted by Crippen LogP contribution is 2.51. The Morgan fingerprint density at radius 1 is 1.38 bits per heavy atom. The topological polar surface area (TPSA) is 94.3 Å². The standard InChI is InChI=1S/C15H21N3O3/c1-14(2)11(7-15(14,3)21-4)18-13(20)10-6-5-9(8-17-10)12(16)19/h5-6,8,11H,7H2,1-4H3,(H2,16,19)(H,18,20). The van der Waals surface area contributed by atoms with Crippen molar-refractivity contribution in [3.05, 3.63) is 29.6 Å². The highest BCUT2D eigenvalue weighted by atomic mass is 16.5. The summed E-state index contributed by atoms with van der Waals surface area (Å²) >= 11 is 0. The third-order valence-electron chi connectivity index (χ3n) is 4.86. The Kier molecular flexibility index (Phi) is 3.76. The van der Waals surface area contributed by atoms with Crippen LogP contribution in [0.2, 0.25) is 0 Å². The van der Waals surface area contributed by atoms with Gasteiger partial charge in [-0.15, -0.1) is 0 Å². The van der Waals surface area contributed by atoms with Gasteiger partial charge in [-0.25, -0.2) is 0 Å². The molecule has 3 N–H and O–H groups in total. The first kappa shape index (κ1) is 15.4. The van der Waals surface area contributed by atoms with E-state index in [1.54, 1.807) is 7.11 Å². The van der Waals surface area contributed by atoms with Gasteiger partial charge >= 0.3 is 0 Å². The molecule has 6 nitrogen and oxygen atoms in total. The SMILES string of the molecule is COC1(C)CC(NC(=O)c2ccc(C(N)=O)cn2)C1(C)C.